The van der Waals surface area contributed by atoms with E-state index in [1.165, 1.54) is 64.7 Å². The van der Waals surface area contributed by atoms with Crippen LogP contribution in [0.5, 0.6) is 0 Å². The number of hydrogen-bond donors (Lipinski definition) is 1. The van der Waals surface area contributed by atoms with E-state index in [-0.39, 0.29) is 0 Å². The van der Waals surface area contributed by atoms with Crippen molar-refractivity contribution in [3.05, 3.63) is 0 Å². The highest BCUT2D eigenvalue weighted by Crippen LogP contribution is 2.18. The van der Waals surface area contributed by atoms with Crippen LogP contribution in [0.1, 0.15) is 52.4 Å². The van der Waals surface area contributed by atoms with Crippen molar-refractivity contribution in [3.8, 4) is 0 Å². The van der Waals surface area contributed by atoms with Gasteiger partial charge in [0.15, 0.2) is 0 Å². The van der Waals surface area contributed by atoms with Gasteiger partial charge in [0.1, 0.15) is 0 Å². The van der Waals surface area contributed by atoms with Crippen molar-refractivity contribution < 1.29 is 4.74 Å². The molecule has 0 saturated carbocycles. The Morgan fingerprint density at radius 3 is 2.23 bits per heavy atom. The standard InChI is InChI=1S/C18H37N3O/c1-15(19-17-7-11-20(3)12-8-17)5-6-16(2)21-13-9-18(22-4)10-14-21/h15-19H,5-14H2,1-4H3. The monoisotopic (exact) mass is 311 g/mol. The minimum Gasteiger partial charge on any atom is -0.381 e. The molecular weight excluding hydrogens is 274 g/mol. The van der Waals surface area contributed by atoms with Crippen LogP contribution in [0.2, 0.25) is 0 Å². The summed E-state index contributed by atoms with van der Waals surface area (Å²) in [6, 6.07) is 2.09. The lowest BCUT2D eigenvalue weighted by atomic mass is 10.0. The summed E-state index contributed by atoms with van der Waals surface area (Å²) in [6.45, 7) is 9.66. The summed E-state index contributed by atoms with van der Waals surface area (Å²) in [7, 11) is 4.08. The van der Waals surface area contributed by atoms with Gasteiger partial charge in [-0.1, -0.05) is 0 Å². The van der Waals surface area contributed by atoms with Crippen LogP contribution in [0, 0.1) is 0 Å². The maximum atomic E-state index is 5.47. The summed E-state index contributed by atoms with van der Waals surface area (Å²) < 4.78 is 5.47. The fourth-order valence-corrected chi connectivity index (χ4v) is 3.89. The Hall–Kier alpha value is -0.160. The van der Waals surface area contributed by atoms with Crippen LogP contribution < -0.4 is 5.32 Å². The molecule has 4 heteroatoms. The Morgan fingerprint density at radius 1 is 1.00 bits per heavy atom. The fraction of sp³-hybridized carbons (Fsp3) is 1.00. The lowest BCUT2D eigenvalue weighted by Crippen LogP contribution is -2.45. The average molecular weight is 312 g/mol. The minimum absolute atomic E-state index is 0.494. The number of rotatable bonds is 7. The Kier molecular flexibility index (Phi) is 7.61. The van der Waals surface area contributed by atoms with Gasteiger partial charge < -0.3 is 19.9 Å². The van der Waals surface area contributed by atoms with Gasteiger partial charge in [0.2, 0.25) is 0 Å². The molecule has 2 fully saturated rings. The van der Waals surface area contributed by atoms with Gasteiger partial charge in [-0.3, -0.25) is 0 Å². The minimum atomic E-state index is 0.494. The van der Waals surface area contributed by atoms with Gasteiger partial charge in [0.25, 0.3) is 0 Å². The maximum absolute atomic E-state index is 5.47. The van der Waals surface area contributed by atoms with Crippen molar-refractivity contribution in [2.45, 2.75) is 76.6 Å². The summed E-state index contributed by atoms with van der Waals surface area (Å²) in [6.07, 6.45) is 8.10. The fourth-order valence-electron chi connectivity index (χ4n) is 3.89. The first-order valence-corrected chi connectivity index (χ1v) is 9.30. The number of nitrogens with zero attached hydrogens (tertiary/aromatic N) is 2. The molecule has 2 saturated heterocycles. The Bertz CT molecular complexity index is 297. The predicted molar refractivity (Wildman–Crippen MR) is 93.4 cm³/mol. The molecule has 0 aliphatic carbocycles. The summed E-state index contributed by atoms with van der Waals surface area (Å²) in [5.74, 6) is 0. The molecule has 2 aliphatic rings. The first kappa shape index (κ1) is 18.2. The number of piperidine rings is 2. The highest BCUT2D eigenvalue weighted by molar-refractivity contribution is 4.80. The van der Waals surface area contributed by atoms with Gasteiger partial charge in [-0.05, 0) is 72.5 Å². The van der Waals surface area contributed by atoms with Gasteiger partial charge >= 0.3 is 0 Å². The van der Waals surface area contributed by atoms with Crippen molar-refractivity contribution in [2.75, 3.05) is 40.3 Å². The summed E-state index contributed by atoms with van der Waals surface area (Å²) in [5.41, 5.74) is 0. The van der Waals surface area contributed by atoms with Crippen LogP contribution in [0.15, 0.2) is 0 Å². The third-order valence-corrected chi connectivity index (χ3v) is 5.69. The number of ether oxygens (including phenoxy) is 1. The van der Waals surface area contributed by atoms with E-state index in [0.29, 0.717) is 18.2 Å². The lowest BCUT2D eigenvalue weighted by Gasteiger charge is -2.36. The van der Waals surface area contributed by atoms with Crippen molar-refractivity contribution >= 4 is 0 Å². The molecule has 22 heavy (non-hydrogen) atoms. The van der Waals surface area contributed by atoms with Crippen LogP contribution in [0.25, 0.3) is 0 Å². The van der Waals surface area contributed by atoms with Crippen LogP contribution in [-0.2, 0) is 4.74 Å². The van der Waals surface area contributed by atoms with E-state index in [1.54, 1.807) is 0 Å². The SMILES string of the molecule is COC1CCN(C(C)CCC(C)NC2CCN(C)CC2)CC1. The van der Waals surface area contributed by atoms with Crippen LogP contribution in [-0.4, -0.2) is 74.4 Å². The molecule has 0 amide bonds. The van der Waals surface area contributed by atoms with E-state index < -0.39 is 0 Å². The van der Waals surface area contributed by atoms with Crippen molar-refractivity contribution in [2.24, 2.45) is 0 Å². The summed E-state index contributed by atoms with van der Waals surface area (Å²) in [4.78, 5) is 5.09. The van der Waals surface area contributed by atoms with Gasteiger partial charge in [0.05, 0.1) is 6.10 Å². The van der Waals surface area contributed by atoms with E-state index in [4.69, 9.17) is 4.74 Å². The van der Waals surface area contributed by atoms with Crippen LogP contribution in [0.3, 0.4) is 0 Å². The zero-order chi connectivity index (χ0) is 15.9. The van der Waals surface area contributed by atoms with Crippen molar-refractivity contribution in [3.63, 3.8) is 0 Å². The second-order valence-electron chi connectivity index (χ2n) is 7.54. The molecule has 2 atom stereocenters. The first-order chi connectivity index (χ1) is 10.6. The summed E-state index contributed by atoms with van der Waals surface area (Å²) >= 11 is 0. The molecule has 2 aliphatic heterocycles. The zero-order valence-corrected chi connectivity index (χ0v) is 15.2. The number of likely N-dealkylation sites (tertiary alicyclic amines) is 2. The van der Waals surface area contributed by atoms with E-state index in [0.717, 1.165) is 6.04 Å². The number of hydrogen-bond acceptors (Lipinski definition) is 4. The van der Waals surface area contributed by atoms with Gasteiger partial charge in [-0.2, -0.15) is 0 Å². The van der Waals surface area contributed by atoms with Gasteiger partial charge in [0, 0.05) is 38.3 Å². The largest absolute Gasteiger partial charge is 0.381 e. The molecule has 2 rings (SSSR count). The topological polar surface area (TPSA) is 27.7 Å². The molecule has 0 aromatic rings. The normalized spacial score (nSPS) is 26.2. The maximum Gasteiger partial charge on any atom is 0.0595 e. The van der Waals surface area contributed by atoms with E-state index in [9.17, 15) is 0 Å². The second kappa shape index (κ2) is 9.21. The Labute approximate surface area is 137 Å². The molecule has 2 unspecified atom stereocenters. The summed E-state index contributed by atoms with van der Waals surface area (Å²) in [5, 5.41) is 3.85. The molecule has 0 aromatic carbocycles. The van der Waals surface area contributed by atoms with Crippen molar-refractivity contribution in [1.29, 1.82) is 0 Å². The Morgan fingerprint density at radius 2 is 1.64 bits per heavy atom. The third-order valence-electron chi connectivity index (χ3n) is 5.69. The second-order valence-corrected chi connectivity index (χ2v) is 7.54. The molecule has 130 valence electrons. The van der Waals surface area contributed by atoms with Gasteiger partial charge in [-0.15, -0.1) is 0 Å². The zero-order valence-electron chi connectivity index (χ0n) is 15.2. The van der Waals surface area contributed by atoms with E-state index >= 15 is 0 Å². The van der Waals surface area contributed by atoms with Gasteiger partial charge in [-0.25, -0.2) is 0 Å². The third kappa shape index (κ3) is 5.80. The number of nitrogens with one attached hydrogen (secondary N) is 1. The molecule has 0 radical (unpaired) electrons. The quantitative estimate of drug-likeness (QED) is 0.781. The average Bonchev–Trinajstić information content (AvgIpc) is 2.55. The lowest BCUT2D eigenvalue weighted by molar-refractivity contribution is 0.0279. The number of methoxy groups -OCH3 is 1. The first-order valence-electron chi connectivity index (χ1n) is 9.30. The molecule has 1 N–H and O–H groups in total. The highest BCUT2D eigenvalue weighted by Gasteiger charge is 2.23. The molecule has 0 bridgehead atoms. The van der Waals surface area contributed by atoms with Crippen LogP contribution in [0.4, 0.5) is 0 Å². The van der Waals surface area contributed by atoms with E-state index in [2.05, 4.69) is 36.0 Å². The predicted octanol–water partition coefficient (Wildman–Crippen LogP) is 2.34. The molecule has 0 aromatic heterocycles. The van der Waals surface area contributed by atoms with E-state index in [1.807, 2.05) is 7.11 Å². The van der Waals surface area contributed by atoms with Crippen LogP contribution >= 0.6 is 0 Å². The Balaban J connectivity index is 1.60. The molecule has 2 heterocycles. The molecule has 0 spiro atoms. The highest BCUT2D eigenvalue weighted by atomic mass is 16.5. The molecular formula is C18H37N3O. The smallest absolute Gasteiger partial charge is 0.0595 e. The molecule has 4 nitrogen and oxygen atoms in total. The van der Waals surface area contributed by atoms with Crippen molar-refractivity contribution in [1.82, 2.24) is 15.1 Å².